The lowest BCUT2D eigenvalue weighted by atomic mass is 9.47. The summed E-state index contributed by atoms with van der Waals surface area (Å²) in [5, 5.41) is 5.70. The van der Waals surface area contributed by atoms with E-state index in [2.05, 4.69) is 17.3 Å². The minimum Gasteiger partial charge on any atom is -0.315 e. The third kappa shape index (κ3) is 3.58. The first-order valence-electron chi connectivity index (χ1n) is 13.9. The van der Waals surface area contributed by atoms with Crippen LogP contribution in [0.15, 0.2) is 41.3 Å². The van der Waals surface area contributed by atoms with Crippen molar-refractivity contribution in [3.8, 4) is 0 Å². The van der Waals surface area contributed by atoms with Gasteiger partial charge in [-0.25, -0.2) is 8.42 Å². The van der Waals surface area contributed by atoms with Crippen molar-refractivity contribution >= 4 is 26.5 Å². The van der Waals surface area contributed by atoms with Gasteiger partial charge in [0.1, 0.15) is 0 Å². The summed E-state index contributed by atoms with van der Waals surface area (Å²) in [6, 6.07) is 12.2. The van der Waals surface area contributed by atoms with Gasteiger partial charge in [-0.15, -0.1) is 0 Å². The quantitative estimate of drug-likeness (QED) is 0.624. The Kier molecular flexibility index (Phi) is 5.28. The van der Waals surface area contributed by atoms with Gasteiger partial charge in [0, 0.05) is 24.5 Å². The molecule has 6 aliphatic rings. The van der Waals surface area contributed by atoms with Crippen LogP contribution in [0.5, 0.6) is 0 Å². The fraction of sp³-hybridized carbons (Fsp3) is 0.655. The van der Waals surface area contributed by atoms with E-state index < -0.39 is 10.0 Å². The summed E-state index contributed by atoms with van der Waals surface area (Å²) in [7, 11) is -1.26. The Balaban J connectivity index is 1.02. The van der Waals surface area contributed by atoms with Crippen LogP contribution in [0.4, 0.5) is 5.69 Å². The molecule has 188 valence electrons. The SMILES string of the molecule is CN[C@@H](CN1CCC(CN2c3cccc4cccc(c34)S2(=O)=O)CC1)C12CC3CC(CC(C3)C1)C2. The molecule has 2 aromatic carbocycles. The lowest BCUT2D eigenvalue weighted by Crippen LogP contribution is -2.59. The van der Waals surface area contributed by atoms with Gasteiger partial charge in [-0.1, -0.05) is 24.3 Å². The molecule has 2 aromatic rings. The molecule has 5 fully saturated rings. The Morgan fingerprint density at radius 3 is 2.23 bits per heavy atom. The highest BCUT2D eigenvalue weighted by atomic mass is 32.2. The number of benzene rings is 2. The number of nitrogens with zero attached hydrogens (tertiary/aromatic N) is 2. The smallest absolute Gasteiger partial charge is 0.265 e. The molecule has 8 rings (SSSR count). The zero-order chi connectivity index (χ0) is 23.8. The van der Waals surface area contributed by atoms with Gasteiger partial charge in [-0.2, -0.15) is 0 Å². The Labute approximate surface area is 210 Å². The first-order valence-corrected chi connectivity index (χ1v) is 15.3. The van der Waals surface area contributed by atoms with Crippen molar-refractivity contribution in [2.45, 2.75) is 62.3 Å². The van der Waals surface area contributed by atoms with Crippen LogP contribution in [-0.4, -0.2) is 52.6 Å². The van der Waals surface area contributed by atoms with E-state index in [0.29, 0.717) is 28.8 Å². The Bertz CT molecular complexity index is 1190. The summed E-state index contributed by atoms with van der Waals surface area (Å²) >= 11 is 0. The molecule has 0 amide bonds. The van der Waals surface area contributed by atoms with Gasteiger partial charge in [-0.05, 0) is 118 Å². The van der Waals surface area contributed by atoms with E-state index in [0.717, 1.165) is 66.7 Å². The third-order valence-electron chi connectivity index (χ3n) is 10.4. The molecule has 1 N–H and O–H groups in total. The number of likely N-dealkylation sites (tertiary alicyclic amines) is 1. The molecule has 4 saturated carbocycles. The predicted octanol–water partition coefficient (Wildman–Crippen LogP) is 4.86. The number of nitrogens with one attached hydrogen (secondary N) is 1. The first kappa shape index (κ1) is 22.6. The van der Waals surface area contributed by atoms with E-state index in [1.807, 2.05) is 30.3 Å². The van der Waals surface area contributed by atoms with Crippen molar-refractivity contribution < 1.29 is 8.42 Å². The van der Waals surface area contributed by atoms with Gasteiger partial charge >= 0.3 is 0 Å². The minimum atomic E-state index is -3.45. The number of hydrogen-bond acceptors (Lipinski definition) is 4. The van der Waals surface area contributed by atoms with Crippen LogP contribution in [0.1, 0.15) is 51.4 Å². The molecule has 4 bridgehead atoms. The second kappa shape index (κ2) is 8.19. The summed E-state index contributed by atoms with van der Waals surface area (Å²) in [5.41, 5.74) is 1.40. The van der Waals surface area contributed by atoms with Crippen molar-refractivity contribution in [1.29, 1.82) is 0 Å². The number of sulfonamides is 1. The molecule has 35 heavy (non-hydrogen) atoms. The number of anilines is 1. The molecule has 2 aliphatic heterocycles. The lowest BCUT2D eigenvalue weighted by Gasteiger charge is -2.60. The van der Waals surface area contributed by atoms with E-state index in [1.165, 1.54) is 38.5 Å². The van der Waals surface area contributed by atoms with E-state index in [-0.39, 0.29) is 0 Å². The highest BCUT2D eigenvalue weighted by molar-refractivity contribution is 7.93. The lowest BCUT2D eigenvalue weighted by molar-refractivity contribution is -0.0785. The molecule has 1 atom stereocenters. The number of likely N-dealkylation sites (N-methyl/N-ethyl adjacent to an activating group) is 1. The highest BCUT2D eigenvalue weighted by Gasteiger charge is 2.54. The Morgan fingerprint density at radius 1 is 0.971 bits per heavy atom. The van der Waals surface area contributed by atoms with Crippen LogP contribution >= 0.6 is 0 Å². The van der Waals surface area contributed by atoms with Crippen molar-refractivity contribution in [2.75, 3.05) is 37.5 Å². The minimum absolute atomic E-state index is 0.415. The average molecular weight is 494 g/mol. The maximum absolute atomic E-state index is 13.4. The summed E-state index contributed by atoms with van der Waals surface area (Å²) in [5.74, 6) is 3.37. The van der Waals surface area contributed by atoms with E-state index in [1.54, 1.807) is 10.4 Å². The van der Waals surface area contributed by atoms with Gasteiger partial charge in [-0.3, -0.25) is 4.31 Å². The highest BCUT2D eigenvalue weighted by Crippen LogP contribution is 2.61. The summed E-state index contributed by atoms with van der Waals surface area (Å²) in [4.78, 5) is 3.15. The van der Waals surface area contributed by atoms with Gasteiger partial charge in [0.2, 0.25) is 0 Å². The maximum Gasteiger partial charge on any atom is 0.265 e. The summed E-state index contributed by atoms with van der Waals surface area (Å²) in [6.45, 7) is 3.93. The molecular weight excluding hydrogens is 454 g/mol. The average Bonchev–Trinajstić information content (AvgIpc) is 3.06. The number of piperidine rings is 1. The predicted molar refractivity (Wildman–Crippen MR) is 141 cm³/mol. The van der Waals surface area contributed by atoms with Crippen LogP contribution in [-0.2, 0) is 10.0 Å². The summed E-state index contributed by atoms with van der Waals surface area (Å²) < 4.78 is 28.5. The van der Waals surface area contributed by atoms with Crippen LogP contribution in [0.2, 0.25) is 0 Å². The molecule has 4 aliphatic carbocycles. The van der Waals surface area contributed by atoms with Crippen molar-refractivity contribution in [2.24, 2.45) is 29.1 Å². The van der Waals surface area contributed by atoms with Crippen LogP contribution in [0.3, 0.4) is 0 Å². The third-order valence-corrected chi connectivity index (χ3v) is 12.2. The molecule has 0 radical (unpaired) electrons. The largest absolute Gasteiger partial charge is 0.315 e. The van der Waals surface area contributed by atoms with Gasteiger partial charge < -0.3 is 10.2 Å². The zero-order valence-electron chi connectivity index (χ0n) is 21.0. The fourth-order valence-electron chi connectivity index (χ4n) is 9.19. The fourth-order valence-corrected chi connectivity index (χ4v) is 11.0. The normalized spacial score (nSPS) is 34.7. The molecule has 0 aromatic heterocycles. The zero-order valence-corrected chi connectivity index (χ0v) is 21.8. The second-order valence-corrected chi connectivity index (χ2v) is 14.4. The molecule has 1 saturated heterocycles. The summed E-state index contributed by atoms with van der Waals surface area (Å²) in [6.07, 6.45) is 11.0. The monoisotopic (exact) mass is 493 g/mol. The van der Waals surface area contributed by atoms with Crippen molar-refractivity contribution in [3.05, 3.63) is 36.4 Å². The van der Waals surface area contributed by atoms with Crippen LogP contribution in [0.25, 0.3) is 10.8 Å². The van der Waals surface area contributed by atoms with E-state index in [4.69, 9.17) is 0 Å². The topological polar surface area (TPSA) is 52.6 Å². The van der Waals surface area contributed by atoms with Crippen molar-refractivity contribution in [1.82, 2.24) is 10.2 Å². The van der Waals surface area contributed by atoms with Gasteiger partial charge in [0.25, 0.3) is 10.0 Å². The van der Waals surface area contributed by atoms with E-state index in [9.17, 15) is 8.42 Å². The second-order valence-electron chi connectivity index (χ2n) is 12.5. The maximum atomic E-state index is 13.4. The molecule has 5 nitrogen and oxygen atoms in total. The number of rotatable bonds is 6. The number of hydrogen-bond donors (Lipinski definition) is 1. The molecule has 0 unspecified atom stereocenters. The van der Waals surface area contributed by atoms with Crippen molar-refractivity contribution in [3.63, 3.8) is 0 Å². The molecule has 0 spiro atoms. The Morgan fingerprint density at radius 2 is 1.60 bits per heavy atom. The molecular formula is C29H39N3O2S. The van der Waals surface area contributed by atoms with Crippen LogP contribution in [0, 0.1) is 29.1 Å². The first-order chi connectivity index (χ1) is 16.9. The van der Waals surface area contributed by atoms with Gasteiger partial charge in [0.05, 0.1) is 10.6 Å². The Hall–Kier alpha value is -1.63. The van der Waals surface area contributed by atoms with E-state index >= 15 is 0 Å². The molecule has 6 heteroatoms. The van der Waals surface area contributed by atoms with Gasteiger partial charge in [0.15, 0.2) is 0 Å². The molecule has 2 heterocycles. The van der Waals surface area contributed by atoms with Crippen LogP contribution < -0.4 is 9.62 Å². The standard InChI is InChI=1S/C29H39N3O2S/c1-30-27(29-15-21-12-22(16-29)14-23(13-21)17-29)19-31-10-8-20(9-11-31)18-32-25-6-2-4-24-5-3-7-26(28(24)25)35(32,33)34/h2-7,20-23,27,30H,8-19H2,1H3/t21?,22?,23?,27-,29?/m0/s1.